The number of aryl methyl sites for hydroxylation is 3. The summed E-state index contributed by atoms with van der Waals surface area (Å²) in [6.45, 7) is 6.02. The molecule has 2 rings (SSSR count). The highest BCUT2D eigenvalue weighted by Gasteiger charge is 2.13. The van der Waals surface area contributed by atoms with E-state index in [1.54, 1.807) is 0 Å². The molecule has 0 aliphatic heterocycles. The van der Waals surface area contributed by atoms with Crippen LogP contribution in [0.15, 0.2) is 34.7 Å². The van der Waals surface area contributed by atoms with Gasteiger partial charge in [-0.3, -0.25) is 0 Å². The second-order valence-electron chi connectivity index (χ2n) is 4.67. The molecule has 1 unspecified atom stereocenters. The lowest BCUT2D eigenvalue weighted by atomic mass is 9.99. The third kappa shape index (κ3) is 2.77. The van der Waals surface area contributed by atoms with E-state index < -0.39 is 0 Å². The van der Waals surface area contributed by atoms with E-state index >= 15 is 0 Å². The normalized spacial score (nSPS) is 12.7. The fraction of sp³-hybridized carbons (Fsp3) is 0.333. The van der Waals surface area contributed by atoms with Crippen LogP contribution in [0.2, 0.25) is 0 Å². The van der Waals surface area contributed by atoms with E-state index in [-0.39, 0.29) is 6.04 Å². The van der Waals surface area contributed by atoms with Gasteiger partial charge in [-0.05, 0) is 38.8 Å². The predicted octanol–water partition coefficient (Wildman–Crippen LogP) is 3.45. The van der Waals surface area contributed by atoms with Crippen LogP contribution in [-0.2, 0) is 6.42 Å². The molecule has 1 atom stereocenters. The summed E-state index contributed by atoms with van der Waals surface area (Å²) in [5, 5.41) is 0. The van der Waals surface area contributed by atoms with Crippen molar-refractivity contribution in [1.82, 2.24) is 0 Å². The number of hydrogen-bond acceptors (Lipinski definition) is 2. The van der Waals surface area contributed by atoms with Crippen molar-refractivity contribution in [3.8, 4) is 0 Å². The summed E-state index contributed by atoms with van der Waals surface area (Å²) in [4.78, 5) is 0. The molecular formula is C15H19NO. The fourth-order valence-corrected chi connectivity index (χ4v) is 2.22. The van der Waals surface area contributed by atoms with Crippen molar-refractivity contribution in [3.63, 3.8) is 0 Å². The van der Waals surface area contributed by atoms with Crippen LogP contribution in [-0.4, -0.2) is 0 Å². The largest absolute Gasteiger partial charge is 0.466 e. The van der Waals surface area contributed by atoms with Gasteiger partial charge < -0.3 is 10.2 Å². The molecule has 0 radical (unpaired) electrons. The monoisotopic (exact) mass is 229 g/mol. The number of nitrogens with two attached hydrogens (primary N) is 1. The highest BCUT2D eigenvalue weighted by atomic mass is 16.3. The van der Waals surface area contributed by atoms with E-state index in [1.165, 1.54) is 11.1 Å². The van der Waals surface area contributed by atoms with Crippen molar-refractivity contribution >= 4 is 0 Å². The third-order valence-electron chi connectivity index (χ3n) is 3.02. The maximum atomic E-state index is 6.23. The molecule has 0 amide bonds. The molecule has 0 bridgehead atoms. The van der Waals surface area contributed by atoms with Crippen LogP contribution in [0.5, 0.6) is 0 Å². The van der Waals surface area contributed by atoms with Gasteiger partial charge in [0.05, 0.1) is 0 Å². The Morgan fingerprint density at radius 2 is 1.94 bits per heavy atom. The summed E-state index contributed by atoms with van der Waals surface area (Å²) < 4.78 is 5.52. The molecule has 0 fully saturated rings. The minimum Gasteiger partial charge on any atom is -0.466 e. The SMILES string of the molecule is Cc1cccc(CC(N)c2cc(C)oc2C)c1. The summed E-state index contributed by atoms with van der Waals surface area (Å²) in [5.74, 6) is 1.86. The zero-order valence-electron chi connectivity index (χ0n) is 10.7. The van der Waals surface area contributed by atoms with E-state index in [1.807, 2.05) is 19.9 Å². The molecule has 2 heteroatoms. The Bertz CT molecular complexity index is 513. The molecule has 0 saturated heterocycles. The van der Waals surface area contributed by atoms with Crippen molar-refractivity contribution < 1.29 is 4.42 Å². The molecule has 0 saturated carbocycles. The summed E-state index contributed by atoms with van der Waals surface area (Å²) in [7, 11) is 0. The maximum Gasteiger partial charge on any atom is 0.105 e. The molecule has 2 nitrogen and oxygen atoms in total. The average molecular weight is 229 g/mol. The highest BCUT2D eigenvalue weighted by molar-refractivity contribution is 5.28. The Balaban J connectivity index is 2.16. The quantitative estimate of drug-likeness (QED) is 0.875. The van der Waals surface area contributed by atoms with Gasteiger partial charge in [0.1, 0.15) is 11.5 Å². The van der Waals surface area contributed by atoms with Gasteiger partial charge in [-0.15, -0.1) is 0 Å². The maximum absolute atomic E-state index is 6.23. The van der Waals surface area contributed by atoms with Crippen LogP contribution >= 0.6 is 0 Å². The molecular weight excluding hydrogens is 210 g/mol. The van der Waals surface area contributed by atoms with Crippen molar-refractivity contribution in [2.75, 3.05) is 0 Å². The lowest BCUT2D eigenvalue weighted by molar-refractivity contribution is 0.497. The van der Waals surface area contributed by atoms with Gasteiger partial charge in [-0.25, -0.2) is 0 Å². The van der Waals surface area contributed by atoms with Crippen LogP contribution < -0.4 is 5.73 Å². The zero-order valence-corrected chi connectivity index (χ0v) is 10.7. The number of benzene rings is 1. The molecule has 0 aliphatic rings. The van der Waals surface area contributed by atoms with Gasteiger partial charge in [0.25, 0.3) is 0 Å². The smallest absolute Gasteiger partial charge is 0.105 e. The summed E-state index contributed by atoms with van der Waals surface area (Å²) in [6, 6.07) is 10.5. The highest BCUT2D eigenvalue weighted by Crippen LogP contribution is 2.23. The predicted molar refractivity (Wildman–Crippen MR) is 70.0 cm³/mol. The third-order valence-corrected chi connectivity index (χ3v) is 3.02. The Kier molecular flexibility index (Phi) is 3.34. The molecule has 17 heavy (non-hydrogen) atoms. The molecule has 2 aromatic rings. The van der Waals surface area contributed by atoms with Crippen LogP contribution in [0.4, 0.5) is 0 Å². The van der Waals surface area contributed by atoms with Crippen molar-refractivity contribution in [1.29, 1.82) is 0 Å². The van der Waals surface area contributed by atoms with Crippen LogP contribution in [0.25, 0.3) is 0 Å². The molecule has 1 heterocycles. The minimum absolute atomic E-state index is 0.00856. The Labute approximate surface area is 102 Å². The van der Waals surface area contributed by atoms with E-state index in [0.29, 0.717) is 0 Å². The van der Waals surface area contributed by atoms with Crippen LogP contribution in [0, 0.1) is 20.8 Å². The number of furan rings is 1. The first kappa shape index (κ1) is 11.9. The Hall–Kier alpha value is -1.54. The topological polar surface area (TPSA) is 39.2 Å². The second kappa shape index (κ2) is 4.76. The van der Waals surface area contributed by atoms with Gasteiger partial charge in [0, 0.05) is 11.6 Å². The lowest BCUT2D eigenvalue weighted by Crippen LogP contribution is -2.13. The lowest BCUT2D eigenvalue weighted by Gasteiger charge is -2.11. The number of rotatable bonds is 3. The molecule has 0 spiro atoms. The van der Waals surface area contributed by atoms with Crippen molar-refractivity contribution in [3.05, 3.63) is 58.5 Å². The van der Waals surface area contributed by atoms with Gasteiger partial charge in [0.2, 0.25) is 0 Å². The van der Waals surface area contributed by atoms with E-state index in [2.05, 4.69) is 31.2 Å². The van der Waals surface area contributed by atoms with E-state index in [9.17, 15) is 0 Å². The van der Waals surface area contributed by atoms with Crippen LogP contribution in [0.1, 0.15) is 34.3 Å². The summed E-state index contributed by atoms with van der Waals surface area (Å²) in [5.41, 5.74) is 9.89. The Morgan fingerprint density at radius 3 is 2.53 bits per heavy atom. The Morgan fingerprint density at radius 1 is 1.18 bits per heavy atom. The fourth-order valence-electron chi connectivity index (χ4n) is 2.22. The number of hydrogen-bond donors (Lipinski definition) is 1. The first-order valence-corrected chi connectivity index (χ1v) is 5.94. The molecule has 1 aromatic carbocycles. The summed E-state index contributed by atoms with van der Waals surface area (Å²) in [6.07, 6.45) is 0.849. The van der Waals surface area contributed by atoms with Crippen LogP contribution in [0.3, 0.4) is 0 Å². The van der Waals surface area contributed by atoms with Crippen molar-refractivity contribution in [2.24, 2.45) is 5.73 Å². The molecule has 0 aliphatic carbocycles. The second-order valence-corrected chi connectivity index (χ2v) is 4.67. The molecule has 2 N–H and O–H groups in total. The van der Waals surface area contributed by atoms with Gasteiger partial charge >= 0.3 is 0 Å². The summed E-state index contributed by atoms with van der Waals surface area (Å²) >= 11 is 0. The minimum atomic E-state index is 0.00856. The zero-order chi connectivity index (χ0) is 12.4. The molecule has 1 aromatic heterocycles. The first-order chi connectivity index (χ1) is 8.06. The van der Waals surface area contributed by atoms with E-state index in [0.717, 1.165) is 23.5 Å². The van der Waals surface area contributed by atoms with E-state index in [4.69, 9.17) is 10.2 Å². The van der Waals surface area contributed by atoms with Crippen molar-refractivity contribution in [2.45, 2.75) is 33.2 Å². The first-order valence-electron chi connectivity index (χ1n) is 5.94. The van der Waals surface area contributed by atoms with Gasteiger partial charge in [-0.1, -0.05) is 29.8 Å². The average Bonchev–Trinajstić information content (AvgIpc) is 2.58. The molecule has 90 valence electrons. The standard InChI is InChI=1S/C15H19NO/c1-10-5-4-6-13(7-10)9-15(16)14-8-11(2)17-12(14)3/h4-8,15H,9,16H2,1-3H3. The van der Waals surface area contributed by atoms with Gasteiger partial charge in [-0.2, -0.15) is 0 Å². The van der Waals surface area contributed by atoms with Gasteiger partial charge in [0.15, 0.2) is 0 Å².